The third-order valence-corrected chi connectivity index (χ3v) is 8.36. The number of likely N-dealkylation sites (tertiary alicyclic amines) is 2. The zero-order valence-electron chi connectivity index (χ0n) is 22.0. The molecule has 0 aromatic heterocycles. The lowest BCUT2D eigenvalue weighted by Gasteiger charge is -2.39. The lowest BCUT2D eigenvalue weighted by atomic mass is 9.74. The topological polar surface area (TPSA) is 43.9 Å². The van der Waals surface area contributed by atoms with E-state index in [2.05, 4.69) is 48.2 Å². The second kappa shape index (κ2) is 12.3. The molecule has 0 N–H and O–H groups in total. The minimum atomic E-state index is -0.237. The predicted molar refractivity (Wildman–Crippen MR) is 153 cm³/mol. The molecule has 198 valence electrons. The standard InChI is InChI=1S/C31H39N3O2.ClH/c1-2-3-19-33-24-26(23-29(33)35)30(36)34(27-11-5-4-6-12-27)20-9-18-32-21-16-31(17-22-32)15-14-25-10-7-8-13-28(25)31;/h4-8,10-15,26H,2-3,9,16-24H2,1H3;1H. The van der Waals surface area contributed by atoms with Crippen molar-refractivity contribution in [3.63, 3.8) is 0 Å². The van der Waals surface area contributed by atoms with Crippen LogP contribution in [0.3, 0.4) is 0 Å². The smallest absolute Gasteiger partial charge is 0.232 e. The van der Waals surface area contributed by atoms with E-state index in [1.165, 1.54) is 11.1 Å². The Bertz CT molecular complexity index is 1090. The van der Waals surface area contributed by atoms with Gasteiger partial charge in [-0.25, -0.2) is 0 Å². The summed E-state index contributed by atoms with van der Waals surface area (Å²) in [7, 11) is 0. The molecule has 37 heavy (non-hydrogen) atoms. The molecule has 5 nitrogen and oxygen atoms in total. The van der Waals surface area contributed by atoms with Gasteiger partial charge in [0.05, 0.1) is 5.92 Å². The number of carbonyl (C=O) groups is 2. The third kappa shape index (κ3) is 5.94. The van der Waals surface area contributed by atoms with E-state index in [0.29, 0.717) is 19.5 Å². The van der Waals surface area contributed by atoms with Crippen LogP contribution in [0.5, 0.6) is 0 Å². The molecule has 5 rings (SSSR count). The average molecular weight is 522 g/mol. The Kier molecular flexibility index (Phi) is 9.09. The van der Waals surface area contributed by atoms with Crippen LogP contribution in [0.2, 0.25) is 0 Å². The molecular formula is C31H40ClN3O2. The molecule has 2 amide bonds. The van der Waals surface area contributed by atoms with Gasteiger partial charge in [-0.2, -0.15) is 0 Å². The van der Waals surface area contributed by atoms with Crippen LogP contribution in [0.1, 0.15) is 56.6 Å². The monoisotopic (exact) mass is 521 g/mol. The van der Waals surface area contributed by atoms with E-state index in [-0.39, 0.29) is 35.6 Å². The average Bonchev–Trinajstić information content (AvgIpc) is 3.47. The molecule has 0 bridgehead atoms. The van der Waals surface area contributed by atoms with E-state index in [1.807, 2.05) is 40.1 Å². The Balaban J connectivity index is 0.00000320. The van der Waals surface area contributed by atoms with Crippen LogP contribution in [0.15, 0.2) is 60.7 Å². The number of anilines is 1. The maximum atomic E-state index is 13.6. The number of fused-ring (bicyclic) bond motifs is 2. The van der Waals surface area contributed by atoms with Crippen LogP contribution >= 0.6 is 12.4 Å². The summed E-state index contributed by atoms with van der Waals surface area (Å²) in [6.45, 7) is 7.30. The summed E-state index contributed by atoms with van der Waals surface area (Å²) in [6.07, 6.45) is 10.4. The Morgan fingerprint density at radius 1 is 1.00 bits per heavy atom. The highest BCUT2D eigenvalue weighted by Gasteiger charge is 2.38. The molecule has 2 aromatic rings. The molecule has 6 heteroatoms. The number of hydrogen-bond acceptors (Lipinski definition) is 3. The molecule has 1 aliphatic carbocycles. The van der Waals surface area contributed by atoms with Gasteiger partial charge in [0.15, 0.2) is 0 Å². The molecular weight excluding hydrogens is 482 g/mol. The zero-order valence-corrected chi connectivity index (χ0v) is 22.8. The quantitative estimate of drug-likeness (QED) is 0.435. The van der Waals surface area contributed by atoms with E-state index in [9.17, 15) is 9.59 Å². The van der Waals surface area contributed by atoms with E-state index < -0.39 is 0 Å². The molecule has 0 saturated carbocycles. The number of hydrogen-bond donors (Lipinski definition) is 0. The summed E-state index contributed by atoms with van der Waals surface area (Å²) in [6, 6.07) is 18.8. The van der Waals surface area contributed by atoms with Crippen molar-refractivity contribution >= 4 is 36.0 Å². The highest BCUT2D eigenvalue weighted by molar-refractivity contribution is 5.99. The maximum Gasteiger partial charge on any atom is 0.232 e. The van der Waals surface area contributed by atoms with Crippen molar-refractivity contribution in [2.24, 2.45) is 5.92 Å². The van der Waals surface area contributed by atoms with Crippen molar-refractivity contribution in [2.75, 3.05) is 44.2 Å². The number of amides is 2. The fraction of sp³-hybridized carbons (Fsp3) is 0.484. The Morgan fingerprint density at radius 3 is 2.49 bits per heavy atom. The number of allylic oxidation sites excluding steroid dienone is 1. The second-order valence-corrected chi connectivity index (χ2v) is 10.7. The highest BCUT2D eigenvalue weighted by Crippen LogP contribution is 2.43. The number of halogens is 1. The first-order chi connectivity index (χ1) is 17.6. The van der Waals surface area contributed by atoms with Crippen molar-refractivity contribution in [3.05, 3.63) is 71.8 Å². The summed E-state index contributed by atoms with van der Waals surface area (Å²) in [5.41, 5.74) is 4.01. The van der Waals surface area contributed by atoms with Gasteiger partial charge in [0, 0.05) is 37.2 Å². The minimum absolute atomic E-state index is 0. The lowest BCUT2D eigenvalue weighted by molar-refractivity contribution is -0.128. The second-order valence-electron chi connectivity index (χ2n) is 10.7. The van der Waals surface area contributed by atoms with Gasteiger partial charge in [0.2, 0.25) is 11.8 Å². The summed E-state index contributed by atoms with van der Waals surface area (Å²) < 4.78 is 0. The number of para-hydroxylation sites is 1. The van der Waals surface area contributed by atoms with Crippen molar-refractivity contribution in [1.29, 1.82) is 0 Å². The van der Waals surface area contributed by atoms with Gasteiger partial charge in [-0.05, 0) is 68.6 Å². The molecule has 2 heterocycles. The van der Waals surface area contributed by atoms with Gasteiger partial charge in [0.25, 0.3) is 0 Å². The number of carbonyl (C=O) groups excluding carboxylic acids is 2. The van der Waals surface area contributed by atoms with Crippen LogP contribution in [0, 0.1) is 5.92 Å². The van der Waals surface area contributed by atoms with Gasteiger partial charge < -0.3 is 14.7 Å². The van der Waals surface area contributed by atoms with E-state index in [4.69, 9.17) is 0 Å². The van der Waals surface area contributed by atoms with E-state index >= 15 is 0 Å². The minimum Gasteiger partial charge on any atom is -0.342 e. The Morgan fingerprint density at radius 2 is 1.73 bits per heavy atom. The van der Waals surface area contributed by atoms with Crippen LogP contribution in [0.4, 0.5) is 5.69 Å². The van der Waals surface area contributed by atoms with Crippen molar-refractivity contribution in [2.45, 2.75) is 50.9 Å². The van der Waals surface area contributed by atoms with E-state index in [1.54, 1.807) is 0 Å². The zero-order chi connectivity index (χ0) is 25.0. The largest absolute Gasteiger partial charge is 0.342 e. The first kappa shape index (κ1) is 27.4. The summed E-state index contributed by atoms with van der Waals surface area (Å²) in [5.74, 6) is -0.0166. The van der Waals surface area contributed by atoms with Gasteiger partial charge in [-0.15, -0.1) is 12.4 Å². The molecule has 3 aliphatic rings. The molecule has 1 unspecified atom stereocenters. The third-order valence-electron chi connectivity index (χ3n) is 8.36. The van der Waals surface area contributed by atoms with Crippen LogP contribution in [-0.2, 0) is 15.0 Å². The number of benzene rings is 2. The fourth-order valence-electron chi connectivity index (χ4n) is 6.20. The number of piperidine rings is 1. The molecule has 2 aliphatic heterocycles. The fourth-order valence-corrected chi connectivity index (χ4v) is 6.20. The van der Waals surface area contributed by atoms with Crippen LogP contribution in [-0.4, -0.2) is 60.9 Å². The van der Waals surface area contributed by atoms with Crippen LogP contribution < -0.4 is 4.90 Å². The van der Waals surface area contributed by atoms with E-state index in [0.717, 1.165) is 64.0 Å². The first-order valence-corrected chi connectivity index (χ1v) is 13.7. The number of rotatable bonds is 9. The van der Waals surface area contributed by atoms with Crippen molar-refractivity contribution in [3.8, 4) is 0 Å². The number of nitrogens with zero attached hydrogens (tertiary/aromatic N) is 3. The van der Waals surface area contributed by atoms with Crippen molar-refractivity contribution in [1.82, 2.24) is 9.80 Å². The maximum absolute atomic E-state index is 13.6. The normalized spacial score (nSPS) is 20.2. The SMILES string of the molecule is CCCCN1CC(C(=O)N(CCCN2CCC3(C=Cc4ccccc43)CC2)c2ccccc2)CC1=O.Cl. The lowest BCUT2D eigenvalue weighted by Crippen LogP contribution is -2.43. The first-order valence-electron chi connectivity index (χ1n) is 13.7. The molecule has 2 saturated heterocycles. The molecule has 0 radical (unpaired) electrons. The summed E-state index contributed by atoms with van der Waals surface area (Å²) in [4.78, 5) is 32.5. The van der Waals surface area contributed by atoms with Crippen molar-refractivity contribution < 1.29 is 9.59 Å². The van der Waals surface area contributed by atoms with Gasteiger partial charge in [0.1, 0.15) is 0 Å². The highest BCUT2D eigenvalue weighted by atomic mass is 35.5. The summed E-state index contributed by atoms with van der Waals surface area (Å²) in [5, 5.41) is 0. The van der Waals surface area contributed by atoms with Gasteiger partial charge >= 0.3 is 0 Å². The predicted octanol–water partition coefficient (Wildman–Crippen LogP) is 5.54. The van der Waals surface area contributed by atoms with Crippen LogP contribution in [0.25, 0.3) is 6.08 Å². The molecule has 2 fully saturated rings. The Hall–Kier alpha value is -2.63. The van der Waals surface area contributed by atoms with Gasteiger partial charge in [-0.3, -0.25) is 9.59 Å². The summed E-state index contributed by atoms with van der Waals surface area (Å²) >= 11 is 0. The molecule has 1 atom stereocenters. The molecule has 2 aromatic carbocycles. The Labute approximate surface area is 227 Å². The van der Waals surface area contributed by atoms with Gasteiger partial charge in [-0.1, -0.05) is 68.0 Å². The molecule has 1 spiro atoms. The number of unbranched alkanes of at least 4 members (excludes halogenated alkanes) is 1.